The lowest BCUT2D eigenvalue weighted by Crippen LogP contribution is -2.40. The smallest absolute Gasteiger partial charge is 0.242 e. The molecule has 0 radical (unpaired) electrons. The van der Waals surface area contributed by atoms with Gasteiger partial charge in [0.2, 0.25) is 10.0 Å². The van der Waals surface area contributed by atoms with Crippen LogP contribution in [0.1, 0.15) is 26.2 Å². The first-order valence-electron chi connectivity index (χ1n) is 6.08. The van der Waals surface area contributed by atoms with Crippen molar-refractivity contribution in [2.24, 2.45) is 5.73 Å². The highest BCUT2D eigenvalue weighted by molar-refractivity contribution is 7.89. The molecule has 1 rings (SSSR count). The van der Waals surface area contributed by atoms with E-state index in [2.05, 4.69) is 4.72 Å². The Labute approximate surface area is 136 Å². The minimum Gasteiger partial charge on any atom is -0.329 e. The maximum Gasteiger partial charge on any atom is 0.242 e. The summed E-state index contributed by atoms with van der Waals surface area (Å²) in [6.07, 6.45) is 2.59. The van der Waals surface area contributed by atoms with Gasteiger partial charge >= 0.3 is 0 Å². The van der Waals surface area contributed by atoms with Gasteiger partial charge in [-0.15, -0.1) is 12.4 Å². The highest BCUT2D eigenvalue weighted by Crippen LogP contribution is 2.28. The van der Waals surface area contributed by atoms with Gasteiger partial charge in [-0.05, 0) is 18.6 Å². The summed E-state index contributed by atoms with van der Waals surface area (Å²) in [5, 5.41) is 0.241. The van der Waals surface area contributed by atoms with E-state index in [1.54, 1.807) is 12.1 Å². The Morgan fingerprint density at radius 1 is 1.35 bits per heavy atom. The lowest BCUT2D eigenvalue weighted by molar-refractivity contribution is 0.516. The van der Waals surface area contributed by atoms with Crippen molar-refractivity contribution in [1.82, 2.24) is 4.72 Å². The second-order valence-corrected chi connectivity index (χ2v) is 6.72. The van der Waals surface area contributed by atoms with E-state index < -0.39 is 10.0 Å². The lowest BCUT2D eigenvalue weighted by Gasteiger charge is -2.17. The number of unbranched alkanes of at least 4 members (excludes halogenated alkanes) is 1. The van der Waals surface area contributed by atoms with Crippen molar-refractivity contribution in [3.8, 4) is 0 Å². The Bertz CT molecular complexity index is 523. The van der Waals surface area contributed by atoms with Crippen LogP contribution in [-0.2, 0) is 10.0 Å². The molecule has 0 saturated carbocycles. The first-order chi connectivity index (χ1) is 8.92. The Balaban J connectivity index is 0.00000361. The van der Waals surface area contributed by atoms with Gasteiger partial charge in [0.05, 0.1) is 10.0 Å². The molecule has 0 heterocycles. The molecule has 0 aromatic heterocycles. The normalized spacial score (nSPS) is 12.8. The fourth-order valence-corrected chi connectivity index (χ4v) is 3.69. The molecule has 0 spiro atoms. The average molecular weight is 362 g/mol. The van der Waals surface area contributed by atoms with Crippen LogP contribution in [0.25, 0.3) is 0 Å². The van der Waals surface area contributed by atoms with Gasteiger partial charge < -0.3 is 5.73 Å². The van der Waals surface area contributed by atoms with Gasteiger partial charge in [0.1, 0.15) is 4.90 Å². The second kappa shape index (κ2) is 9.07. The van der Waals surface area contributed by atoms with E-state index in [1.807, 2.05) is 6.92 Å². The number of hydrogen-bond acceptors (Lipinski definition) is 3. The van der Waals surface area contributed by atoms with E-state index in [4.69, 9.17) is 28.9 Å². The molecule has 0 aliphatic carbocycles. The van der Waals surface area contributed by atoms with Crippen molar-refractivity contribution < 1.29 is 8.42 Å². The fraction of sp³-hybridized carbons (Fsp3) is 0.500. The third kappa shape index (κ3) is 5.39. The minimum absolute atomic E-state index is 0. The molecule has 3 N–H and O–H groups in total. The van der Waals surface area contributed by atoms with Gasteiger partial charge in [-0.3, -0.25) is 0 Å². The predicted octanol–water partition coefficient (Wildman–Crippen LogP) is 3.21. The van der Waals surface area contributed by atoms with E-state index in [1.165, 1.54) is 6.07 Å². The van der Waals surface area contributed by atoms with Gasteiger partial charge in [0.25, 0.3) is 0 Å². The summed E-state index contributed by atoms with van der Waals surface area (Å²) in [5.41, 5.74) is 5.58. The Morgan fingerprint density at radius 2 is 2.00 bits per heavy atom. The fourth-order valence-electron chi connectivity index (χ4n) is 1.65. The summed E-state index contributed by atoms with van der Waals surface area (Å²) in [6.45, 7) is 2.29. The summed E-state index contributed by atoms with van der Waals surface area (Å²) in [5.74, 6) is 0. The molecule has 1 aromatic carbocycles. The molecule has 8 heteroatoms. The van der Waals surface area contributed by atoms with Crippen LogP contribution in [0.5, 0.6) is 0 Å². The molecule has 0 aliphatic rings. The number of nitrogens with one attached hydrogen (secondary N) is 1. The molecule has 0 saturated heterocycles. The monoisotopic (exact) mass is 360 g/mol. The molecule has 0 amide bonds. The quantitative estimate of drug-likeness (QED) is 0.783. The lowest BCUT2D eigenvalue weighted by atomic mass is 10.1. The van der Waals surface area contributed by atoms with Crippen LogP contribution >= 0.6 is 35.6 Å². The molecule has 116 valence electrons. The second-order valence-electron chi connectivity index (χ2n) is 4.25. The maximum atomic E-state index is 12.2. The van der Waals surface area contributed by atoms with Gasteiger partial charge in [0, 0.05) is 12.6 Å². The molecular weight excluding hydrogens is 343 g/mol. The molecule has 1 atom stereocenters. The standard InChI is InChI=1S/C12H18Cl2N2O2S.ClH/c1-2-3-5-9(8-15)16-19(17,18)11-7-4-6-10(13)12(11)14;/h4,6-7,9,16H,2-3,5,8,15H2,1H3;1H. The van der Waals surface area contributed by atoms with Crippen LogP contribution < -0.4 is 10.5 Å². The van der Waals surface area contributed by atoms with Crippen LogP contribution in [-0.4, -0.2) is 21.0 Å². The zero-order valence-corrected chi connectivity index (χ0v) is 14.2. The first-order valence-corrected chi connectivity index (χ1v) is 8.32. The molecule has 0 bridgehead atoms. The Morgan fingerprint density at radius 3 is 2.55 bits per heavy atom. The van der Waals surface area contributed by atoms with Gasteiger partial charge in [-0.1, -0.05) is 49.0 Å². The minimum atomic E-state index is -3.70. The summed E-state index contributed by atoms with van der Waals surface area (Å²) < 4.78 is 27.0. The van der Waals surface area contributed by atoms with Crippen molar-refractivity contribution in [2.45, 2.75) is 37.1 Å². The average Bonchev–Trinajstić information content (AvgIpc) is 2.37. The van der Waals surface area contributed by atoms with Crippen molar-refractivity contribution in [3.63, 3.8) is 0 Å². The molecule has 0 aliphatic heterocycles. The van der Waals surface area contributed by atoms with Crippen LogP contribution in [0.2, 0.25) is 10.0 Å². The Hall–Kier alpha value is -0.0400. The molecule has 1 aromatic rings. The third-order valence-electron chi connectivity index (χ3n) is 2.72. The highest BCUT2D eigenvalue weighted by atomic mass is 35.5. The van der Waals surface area contributed by atoms with Gasteiger partial charge in [-0.2, -0.15) is 0 Å². The van der Waals surface area contributed by atoms with E-state index in [-0.39, 0.29) is 39.9 Å². The topological polar surface area (TPSA) is 72.2 Å². The van der Waals surface area contributed by atoms with E-state index in [0.717, 1.165) is 12.8 Å². The first kappa shape index (κ1) is 20.0. The van der Waals surface area contributed by atoms with E-state index >= 15 is 0 Å². The van der Waals surface area contributed by atoms with Gasteiger partial charge in [0.15, 0.2) is 0 Å². The number of benzene rings is 1. The predicted molar refractivity (Wildman–Crippen MR) is 86.4 cm³/mol. The van der Waals surface area contributed by atoms with Crippen molar-refractivity contribution >= 4 is 45.6 Å². The van der Waals surface area contributed by atoms with E-state index in [9.17, 15) is 8.42 Å². The third-order valence-corrected chi connectivity index (χ3v) is 5.21. The van der Waals surface area contributed by atoms with Crippen molar-refractivity contribution in [2.75, 3.05) is 6.54 Å². The SMILES string of the molecule is CCCCC(CN)NS(=O)(=O)c1cccc(Cl)c1Cl.Cl. The molecule has 1 unspecified atom stereocenters. The molecule has 4 nitrogen and oxygen atoms in total. The molecule has 0 fully saturated rings. The number of halogens is 3. The summed E-state index contributed by atoms with van der Waals surface area (Å²) in [6, 6.07) is 4.22. The summed E-state index contributed by atoms with van der Waals surface area (Å²) in [7, 11) is -3.70. The summed E-state index contributed by atoms with van der Waals surface area (Å²) in [4.78, 5) is -0.0170. The highest BCUT2D eigenvalue weighted by Gasteiger charge is 2.22. The number of hydrogen-bond donors (Lipinski definition) is 2. The number of rotatable bonds is 7. The Kier molecular flexibility index (Phi) is 9.06. The molecule has 20 heavy (non-hydrogen) atoms. The largest absolute Gasteiger partial charge is 0.329 e. The number of sulfonamides is 1. The van der Waals surface area contributed by atoms with Crippen LogP contribution in [0.4, 0.5) is 0 Å². The van der Waals surface area contributed by atoms with Crippen molar-refractivity contribution in [3.05, 3.63) is 28.2 Å². The number of nitrogens with two attached hydrogens (primary N) is 1. The maximum absolute atomic E-state index is 12.2. The zero-order chi connectivity index (χ0) is 14.5. The molecular formula is C12H19Cl3N2O2S. The van der Waals surface area contributed by atoms with Crippen LogP contribution in [0.3, 0.4) is 0 Å². The zero-order valence-electron chi connectivity index (χ0n) is 11.1. The van der Waals surface area contributed by atoms with Gasteiger partial charge in [-0.25, -0.2) is 13.1 Å². The van der Waals surface area contributed by atoms with E-state index in [0.29, 0.717) is 6.42 Å². The van der Waals surface area contributed by atoms with Crippen molar-refractivity contribution in [1.29, 1.82) is 0 Å². The van der Waals surface area contributed by atoms with Crippen LogP contribution in [0, 0.1) is 0 Å². The summed E-state index contributed by atoms with van der Waals surface area (Å²) >= 11 is 11.8. The van der Waals surface area contributed by atoms with Crippen LogP contribution in [0.15, 0.2) is 23.1 Å².